The Labute approximate surface area is 171 Å². The van der Waals surface area contributed by atoms with E-state index in [4.69, 9.17) is 9.47 Å². The normalized spacial score (nSPS) is 25.0. The molecule has 0 saturated carbocycles. The van der Waals surface area contributed by atoms with Crippen LogP contribution in [0.5, 0.6) is 0 Å². The molecule has 3 aromatic rings. The van der Waals surface area contributed by atoms with Crippen molar-refractivity contribution in [2.24, 2.45) is 0 Å². The monoisotopic (exact) mass is 390 g/mol. The smallest absolute Gasteiger partial charge is 0.244 e. The molecule has 0 amide bonds. The van der Waals surface area contributed by atoms with E-state index in [1.807, 2.05) is 86.6 Å². The van der Waals surface area contributed by atoms with Gasteiger partial charge in [-0.1, -0.05) is 72.8 Å². The van der Waals surface area contributed by atoms with Crippen LogP contribution in [0.15, 0.2) is 72.8 Å². The predicted molar refractivity (Wildman–Crippen MR) is 112 cm³/mol. The molecular formula is C25H26O4. The lowest BCUT2D eigenvalue weighted by molar-refractivity contribution is -0.348. The second-order valence-electron chi connectivity index (χ2n) is 7.62. The summed E-state index contributed by atoms with van der Waals surface area (Å²) in [7, 11) is 2.92. The van der Waals surface area contributed by atoms with E-state index in [-0.39, 0.29) is 0 Å². The molecule has 0 aliphatic heterocycles. The van der Waals surface area contributed by atoms with Gasteiger partial charge in [0.1, 0.15) is 0 Å². The first kappa shape index (κ1) is 19.8. The Hall–Kier alpha value is -2.50. The third-order valence-electron chi connectivity index (χ3n) is 6.30. The second kappa shape index (κ2) is 6.78. The highest BCUT2D eigenvalue weighted by atomic mass is 16.7. The summed E-state index contributed by atoms with van der Waals surface area (Å²) in [6.07, 6.45) is 0. The van der Waals surface area contributed by atoms with Crippen molar-refractivity contribution in [3.63, 3.8) is 0 Å². The van der Waals surface area contributed by atoms with Crippen molar-refractivity contribution in [2.45, 2.75) is 30.8 Å². The molecule has 0 aromatic heterocycles. The third kappa shape index (κ3) is 2.29. The number of fused-ring (bicyclic) bond motifs is 1. The summed E-state index contributed by atoms with van der Waals surface area (Å²) >= 11 is 0. The van der Waals surface area contributed by atoms with Crippen LogP contribution < -0.4 is 0 Å². The van der Waals surface area contributed by atoms with Crippen LogP contribution in [0.25, 0.3) is 0 Å². The van der Waals surface area contributed by atoms with Crippen LogP contribution in [0.3, 0.4) is 0 Å². The van der Waals surface area contributed by atoms with Gasteiger partial charge in [-0.25, -0.2) is 0 Å². The number of aryl methyl sites for hydroxylation is 2. The Morgan fingerprint density at radius 2 is 0.862 bits per heavy atom. The van der Waals surface area contributed by atoms with Crippen molar-refractivity contribution >= 4 is 0 Å². The molecule has 4 heteroatoms. The second-order valence-corrected chi connectivity index (χ2v) is 7.62. The Morgan fingerprint density at radius 3 is 1.17 bits per heavy atom. The fraction of sp³-hybridized carbons (Fsp3) is 0.280. The summed E-state index contributed by atoms with van der Waals surface area (Å²) in [6, 6.07) is 22.5. The van der Waals surface area contributed by atoms with Crippen LogP contribution in [-0.2, 0) is 20.7 Å². The quantitative estimate of drug-likeness (QED) is 0.666. The standard InChI is InChI=1S/C25H26O4/c1-17-11-5-7-13-19(17)23(26)21-15-9-10-16-22(21)24(27,25(23,28-3)29-4)20-14-8-6-12-18(20)2/h5-16,26-27H,1-4H3. The number of hydrogen-bond donors (Lipinski definition) is 2. The number of ether oxygens (including phenoxy) is 2. The van der Waals surface area contributed by atoms with Crippen molar-refractivity contribution < 1.29 is 19.7 Å². The van der Waals surface area contributed by atoms with Crippen molar-refractivity contribution in [3.05, 3.63) is 106 Å². The van der Waals surface area contributed by atoms with Gasteiger partial charge in [-0.15, -0.1) is 0 Å². The molecular weight excluding hydrogens is 364 g/mol. The maximum atomic E-state index is 12.4. The zero-order chi connectivity index (χ0) is 20.9. The molecule has 0 bridgehead atoms. The zero-order valence-corrected chi connectivity index (χ0v) is 17.1. The molecule has 4 rings (SSSR count). The fourth-order valence-corrected chi connectivity index (χ4v) is 5.01. The van der Waals surface area contributed by atoms with E-state index in [9.17, 15) is 10.2 Å². The van der Waals surface area contributed by atoms with Gasteiger partial charge in [-0.05, 0) is 36.1 Å². The zero-order valence-electron chi connectivity index (χ0n) is 17.1. The van der Waals surface area contributed by atoms with E-state index < -0.39 is 17.0 Å². The van der Waals surface area contributed by atoms with Crippen LogP contribution in [0.2, 0.25) is 0 Å². The highest BCUT2D eigenvalue weighted by Gasteiger charge is 2.73. The van der Waals surface area contributed by atoms with Gasteiger partial charge < -0.3 is 19.7 Å². The van der Waals surface area contributed by atoms with Crippen LogP contribution >= 0.6 is 0 Å². The van der Waals surface area contributed by atoms with Crippen molar-refractivity contribution in [1.29, 1.82) is 0 Å². The largest absolute Gasteiger partial charge is 0.375 e. The molecule has 2 unspecified atom stereocenters. The first-order chi connectivity index (χ1) is 13.9. The average Bonchev–Trinajstić information content (AvgIpc) is 2.91. The first-order valence-corrected chi connectivity index (χ1v) is 9.65. The average molecular weight is 390 g/mol. The lowest BCUT2D eigenvalue weighted by Crippen LogP contribution is -2.63. The molecule has 0 fully saturated rings. The molecule has 4 nitrogen and oxygen atoms in total. The van der Waals surface area contributed by atoms with Crippen LogP contribution in [0, 0.1) is 13.8 Å². The molecule has 29 heavy (non-hydrogen) atoms. The van der Waals surface area contributed by atoms with Crippen LogP contribution in [0.4, 0.5) is 0 Å². The summed E-state index contributed by atoms with van der Waals surface area (Å²) in [4.78, 5) is 0. The minimum atomic E-state index is -1.80. The Kier molecular flexibility index (Phi) is 4.63. The molecule has 0 saturated heterocycles. The molecule has 1 aliphatic rings. The SMILES string of the molecule is COC1(OC)C(O)(c2ccccc2C)c2ccccc2C1(O)c1ccccc1C. The minimum absolute atomic E-state index is 0.559. The van der Waals surface area contributed by atoms with Gasteiger partial charge in [0.2, 0.25) is 5.79 Å². The van der Waals surface area contributed by atoms with Crippen molar-refractivity contribution in [2.75, 3.05) is 14.2 Å². The summed E-state index contributed by atoms with van der Waals surface area (Å²) in [6.45, 7) is 3.86. The molecule has 2 N–H and O–H groups in total. The molecule has 150 valence electrons. The predicted octanol–water partition coefficient (Wildman–Crippen LogP) is 3.78. The van der Waals surface area contributed by atoms with E-state index in [1.54, 1.807) is 0 Å². The van der Waals surface area contributed by atoms with Gasteiger partial charge in [0.15, 0.2) is 11.2 Å². The van der Waals surface area contributed by atoms with Crippen LogP contribution in [-0.4, -0.2) is 30.2 Å². The van der Waals surface area contributed by atoms with E-state index in [2.05, 4.69) is 0 Å². The maximum absolute atomic E-state index is 12.4. The van der Waals surface area contributed by atoms with E-state index in [1.165, 1.54) is 14.2 Å². The summed E-state index contributed by atoms with van der Waals surface area (Å²) < 4.78 is 11.9. The maximum Gasteiger partial charge on any atom is 0.244 e. The van der Waals surface area contributed by atoms with Gasteiger partial charge in [0, 0.05) is 25.3 Å². The third-order valence-corrected chi connectivity index (χ3v) is 6.30. The van der Waals surface area contributed by atoms with Gasteiger partial charge >= 0.3 is 0 Å². The number of aliphatic hydroxyl groups is 2. The number of methoxy groups -OCH3 is 2. The molecule has 0 radical (unpaired) electrons. The number of hydrogen-bond acceptors (Lipinski definition) is 4. The fourth-order valence-electron chi connectivity index (χ4n) is 5.01. The summed E-state index contributed by atoms with van der Waals surface area (Å²) in [5, 5.41) is 24.8. The first-order valence-electron chi connectivity index (χ1n) is 9.65. The Morgan fingerprint density at radius 1 is 0.552 bits per heavy atom. The van der Waals surface area contributed by atoms with Crippen molar-refractivity contribution in [1.82, 2.24) is 0 Å². The van der Waals surface area contributed by atoms with Gasteiger partial charge in [0.05, 0.1) is 0 Å². The van der Waals surface area contributed by atoms with E-state index in [0.29, 0.717) is 22.3 Å². The van der Waals surface area contributed by atoms with Crippen LogP contribution in [0.1, 0.15) is 33.4 Å². The highest BCUT2D eigenvalue weighted by Crippen LogP contribution is 2.62. The highest BCUT2D eigenvalue weighted by molar-refractivity contribution is 5.60. The molecule has 3 aromatic carbocycles. The van der Waals surface area contributed by atoms with Crippen molar-refractivity contribution in [3.8, 4) is 0 Å². The van der Waals surface area contributed by atoms with Gasteiger partial charge in [-0.2, -0.15) is 0 Å². The minimum Gasteiger partial charge on any atom is -0.375 e. The van der Waals surface area contributed by atoms with E-state index in [0.717, 1.165) is 11.1 Å². The van der Waals surface area contributed by atoms with E-state index >= 15 is 0 Å². The Bertz CT molecular complexity index is 975. The lowest BCUT2D eigenvalue weighted by atomic mass is 9.75. The number of benzene rings is 3. The number of rotatable bonds is 4. The molecule has 0 spiro atoms. The molecule has 0 heterocycles. The Balaban J connectivity index is 2.18. The topological polar surface area (TPSA) is 58.9 Å². The van der Waals surface area contributed by atoms with Gasteiger partial charge in [-0.3, -0.25) is 0 Å². The molecule has 2 atom stereocenters. The molecule has 1 aliphatic carbocycles. The summed E-state index contributed by atoms with van der Waals surface area (Å²) in [5.74, 6) is -1.80. The lowest BCUT2D eigenvalue weighted by Gasteiger charge is -2.48. The summed E-state index contributed by atoms with van der Waals surface area (Å²) in [5.41, 5.74) is 0.633. The van der Waals surface area contributed by atoms with Gasteiger partial charge in [0.25, 0.3) is 0 Å².